The Balaban J connectivity index is 2.00. The van der Waals surface area contributed by atoms with Crippen molar-refractivity contribution in [3.63, 3.8) is 0 Å². The standard InChI is InChI=1S/C19H23ClN2O3S/c1-13-12-14(2)19(22-8-10-25-11-9-22)15(3)18(13)21-26(23,24)17-6-4-16(20)5-7-17/h4-7,12,21H,8-11H2,1-3H3. The van der Waals surface area contributed by atoms with Gasteiger partial charge in [-0.1, -0.05) is 17.7 Å². The second kappa shape index (κ2) is 7.47. The monoisotopic (exact) mass is 394 g/mol. The summed E-state index contributed by atoms with van der Waals surface area (Å²) in [6.45, 7) is 8.90. The molecular formula is C19H23ClN2O3S. The van der Waals surface area contributed by atoms with Crippen molar-refractivity contribution < 1.29 is 13.2 Å². The summed E-state index contributed by atoms with van der Waals surface area (Å²) in [6.07, 6.45) is 0. The number of ether oxygens (including phenoxy) is 1. The normalized spacial score (nSPS) is 15.2. The molecule has 1 fully saturated rings. The minimum absolute atomic E-state index is 0.189. The summed E-state index contributed by atoms with van der Waals surface area (Å²) in [5.41, 5.74) is 4.67. The van der Waals surface area contributed by atoms with Gasteiger partial charge in [0.25, 0.3) is 10.0 Å². The van der Waals surface area contributed by atoms with Crippen LogP contribution in [0.2, 0.25) is 5.02 Å². The zero-order chi connectivity index (χ0) is 18.9. The van der Waals surface area contributed by atoms with Crippen LogP contribution in [0.5, 0.6) is 0 Å². The highest BCUT2D eigenvalue weighted by Gasteiger charge is 2.22. The molecule has 0 aromatic heterocycles. The Labute approximate surface area is 160 Å². The van der Waals surface area contributed by atoms with Crippen molar-refractivity contribution in [3.05, 3.63) is 52.0 Å². The zero-order valence-corrected chi connectivity index (χ0v) is 16.7. The first-order valence-corrected chi connectivity index (χ1v) is 10.4. The van der Waals surface area contributed by atoms with Crippen LogP contribution < -0.4 is 9.62 Å². The molecule has 0 aliphatic carbocycles. The summed E-state index contributed by atoms with van der Waals surface area (Å²) < 4.78 is 33.8. The lowest BCUT2D eigenvalue weighted by Crippen LogP contribution is -2.37. The van der Waals surface area contributed by atoms with Crippen LogP contribution in [-0.4, -0.2) is 34.7 Å². The van der Waals surface area contributed by atoms with Crippen molar-refractivity contribution in [2.75, 3.05) is 35.9 Å². The third-order valence-corrected chi connectivity index (χ3v) is 6.24. The second-order valence-corrected chi connectivity index (χ2v) is 8.64. The molecule has 0 atom stereocenters. The van der Waals surface area contributed by atoms with Gasteiger partial charge in [-0.05, 0) is 61.7 Å². The van der Waals surface area contributed by atoms with Gasteiger partial charge in [-0.2, -0.15) is 0 Å². The van der Waals surface area contributed by atoms with Crippen LogP contribution in [0.1, 0.15) is 16.7 Å². The molecule has 0 bridgehead atoms. The lowest BCUT2D eigenvalue weighted by atomic mass is 10.0. The third-order valence-electron chi connectivity index (χ3n) is 4.62. The van der Waals surface area contributed by atoms with Crippen molar-refractivity contribution in [1.82, 2.24) is 0 Å². The van der Waals surface area contributed by atoms with Crippen molar-refractivity contribution in [1.29, 1.82) is 0 Å². The highest BCUT2D eigenvalue weighted by Crippen LogP contribution is 2.35. The molecule has 0 radical (unpaired) electrons. The average molecular weight is 395 g/mol. The molecule has 2 aromatic carbocycles. The second-order valence-electron chi connectivity index (χ2n) is 6.52. The Morgan fingerprint density at radius 3 is 2.27 bits per heavy atom. The fourth-order valence-electron chi connectivity index (χ4n) is 3.41. The topological polar surface area (TPSA) is 58.6 Å². The molecule has 0 unspecified atom stereocenters. The summed E-state index contributed by atoms with van der Waals surface area (Å²) in [5, 5.41) is 0.501. The van der Waals surface area contributed by atoms with E-state index in [4.69, 9.17) is 16.3 Å². The maximum Gasteiger partial charge on any atom is 0.261 e. The lowest BCUT2D eigenvalue weighted by Gasteiger charge is -2.32. The first-order chi connectivity index (χ1) is 12.3. The number of rotatable bonds is 4. The van der Waals surface area contributed by atoms with E-state index in [0.717, 1.165) is 35.5 Å². The molecule has 140 valence electrons. The summed E-state index contributed by atoms with van der Waals surface area (Å²) in [4.78, 5) is 2.45. The largest absolute Gasteiger partial charge is 0.378 e. The lowest BCUT2D eigenvalue weighted by molar-refractivity contribution is 0.122. The van der Waals surface area contributed by atoms with Gasteiger partial charge in [0, 0.05) is 23.8 Å². The highest BCUT2D eigenvalue weighted by molar-refractivity contribution is 7.92. The fraction of sp³-hybridized carbons (Fsp3) is 0.368. The van der Waals surface area contributed by atoms with E-state index in [1.54, 1.807) is 12.1 Å². The molecule has 2 aromatic rings. The van der Waals surface area contributed by atoms with Gasteiger partial charge in [-0.25, -0.2) is 8.42 Å². The third kappa shape index (κ3) is 3.82. The van der Waals surface area contributed by atoms with Gasteiger partial charge in [0.15, 0.2) is 0 Å². The molecule has 1 N–H and O–H groups in total. The van der Waals surface area contributed by atoms with E-state index in [1.807, 2.05) is 19.9 Å². The van der Waals surface area contributed by atoms with Crippen molar-refractivity contribution in [3.8, 4) is 0 Å². The average Bonchev–Trinajstić information content (AvgIpc) is 2.60. The van der Waals surface area contributed by atoms with E-state index in [2.05, 4.69) is 16.5 Å². The quantitative estimate of drug-likeness (QED) is 0.854. The minimum Gasteiger partial charge on any atom is -0.378 e. The maximum absolute atomic E-state index is 12.8. The zero-order valence-electron chi connectivity index (χ0n) is 15.2. The first-order valence-electron chi connectivity index (χ1n) is 8.51. The van der Waals surface area contributed by atoms with Gasteiger partial charge in [-0.3, -0.25) is 4.72 Å². The Bertz CT molecular complexity index is 905. The fourth-order valence-corrected chi connectivity index (χ4v) is 4.73. The van der Waals surface area contributed by atoms with Crippen molar-refractivity contribution >= 4 is 33.0 Å². The van der Waals surface area contributed by atoms with Gasteiger partial charge >= 0.3 is 0 Å². The van der Waals surface area contributed by atoms with E-state index in [9.17, 15) is 8.42 Å². The summed E-state index contributed by atoms with van der Waals surface area (Å²) in [7, 11) is -3.69. The van der Waals surface area contributed by atoms with Gasteiger partial charge in [0.1, 0.15) is 0 Å². The van der Waals surface area contributed by atoms with Crippen LogP contribution in [0.15, 0.2) is 35.2 Å². The van der Waals surface area contributed by atoms with Crippen LogP contribution >= 0.6 is 11.6 Å². The van der Waals surface area contributed by atoms with Gasteiger partial charge < -0.3 is 9.64 Å². The summed E-state index contributed by atoms with van der Waals surface area (Å²) in [6, 6.07) is 8.19. The number of anilines is 2. The number of sulfonamides is 1. The predicted octanol–water partition coefficient (Wildman–Crippen LogP) is 3.90. The summed E-state index contributed by atoms with van der Waals surface area (Å²) >= 11 is 5.87. The Morgan fingerprint density at radius 2 is 1.65 bits per heavy atom. The number of nitrogens with one attached hydrogen (secondary N) is 1. The molecule has 0 saturated carbocycles. The molecule has 1 saturated heterocycles. The molecule has 1 heterocycles. The highest BCUT2D eigenvalue weighted by atomic mass is 35.5. The van der Waals surface area contributed by atoms with E-state index in [-0.39, 0.29) is 4.90 Å². The molecule has 7 heteroatoms. The SMILES string of the molecule is Cc1cc(C)c(N2CCOCC2)c(C)c1NS(=O)(=O)c1ccc(Cl)cc1. The summed E-state index contributed by atoms with van der Waals surface area (Å²) in [5.74, 6) is 0. The first kappa shape index (κ1) is 19.0. The number of nitrogens with zero attached hydrogens (tertiary/aromatic N) is 1. The van der Waals surface area contributed by atoms with Crippen LogP contribution in [0.3, 0.4) is 0 Å². The van der Waals surface area contributed by atoms with Gasteiger partial charge in [-0.15, -0.1) is 0 Å². The Morgan fingerprint density at radius 1 is 1.04 bits per heavy atom. The van der Waals surface area contributed by atoms with Crippen molar-refractivity contribution in [2.45, 2.75) is 25.7 Å². The number of halogens is 1. The van der Waals surface area contributed by atoms with E-state index >= 15 is 0 Å². The van der Waals surface area contributed by atoms with Crippen LogP contribution in [0.4, 0.5) is 11.4 Å². The Kier molecular flexibility index (Phi) is 5.46. The maximum atomic E-state index is 12.8. The molecule has 5 nitrogen and oxygen atoms in total. The predicted molar refractivity (Wildman–Crippen MR) is 106 cm³/mol. The number of hydrogen-bond acceptors (Lipinski definition) is 4. The molecule has 3 rings (SSSR count). The molecule has 1 aliphatic heterocycles. The molecular weight excluding hydrogens is 372 g/mol. The minimum atomic E-state index is -3.69. The van der Waals surface area contributed by atoms with Gasteiger partial charge in [0.2, 0.25) is 0 Å². The van der Waals surface area contributed by atoms with Crippen LogP contribution in [0, 0.1) is 20.8 Å². The van der Waals surface area contributed by atoms with Crippen LogP contribution in [0.25, 0.3) is 0 Å². The van der Waals surface area contributed by atoms with E-state index in [1.165, 1.54) is 12.1 Å². The molecule has 0 spiro atoms. The van der Waals surface area contributed by atoms with Crippen LogP contribution in [-0.2, 0) is 14.8 Å². The molecule has 26 heavy (non-hydrogen) atoms. The smallest absolute Gasteiger partial charge is 0.261 e. The van der Waals surface area contributed by atoms with E-state index in [0.29, 0.717) is 23.9 Å². The van der Waals surface area contributed by atoms with Crippen molar-refractivity contribution in [2.24, 2.45) is 0 Å². The van der Waals surface area contributed by atoms with Gasteiger partial charge in [0.05, 0.1) is 23.8 Å². The Hall–Kier alpha value is -1.76. The number of benzene rings is 2. The number of morpholine rings is 1. The number of hydrogen-bond donors (Lipinski definition) is 1. The number of aryl methyl sites for hydroxylation is 2. The molecule has 0 amide bonds. The molecule has 1 aliphatic rings. The van der Waals surface area contributed by atoms with E-state index < -0.39 is 10.0 Å².